The number of amides is 1. The third-order valence-corrected chi connectivity index (χ3v) is 4.94. The molecule has 2 heterocycles. The molecule has 2 aromatic carbocycles. The van der Waals surface area contributed by atoms with Crippen molar-refractivity contribution in [1.82, 2.24) is 24.9 Å². The van der Waals surface area contributed by atoms with Gasteiger partial charge in [0.15, 0.2) is 0 Å². The zero-order chi connectivity index (χ0) is 21.8. The molecule has 8 nitrogen and oxygen atoms in total. The number of hydrogen-bond acceptors (Lipinski definition) is 4. The van der Waals surface area contributed by atoms with Gasteiger partial charge in [0.25, 0.3) is 0 Å². The van der Waals surface area contributed by atoms with E-state index in [-0.39, 0.29) is 18.0 Å². The van der Waals surface area contributed by atoms with Crippen molar-refractivity contribution in [3.8, 4) is 16.9 Å². The Morgan fingerprint density at radius 1 is 1.03 bits per heavy atom. The molecule has 0 bridgehead atoms. The number of para-hydroxylation sites is 1. The first-order valence-corrected chi connectivity index (χ1v) is 9.77. The Morgan fingerprint density at radius 2 is 1.71 bits per heavy atom. The van der Waals surface area contributed by atoms with Gasteiger partial charge in [-0.1, -0.05) is 48.5 Å². The smallest absolute Gasteiger partial charge is 0.338 e. The second-order valence-corrected chi connectivity index (χ2v) is 7.06. The first kappa shape index (κ1) is 20.1. The molecule has 0 radical (unpaired) electrons. The number of rotatable bonds is 7. The summed E-state index contributed by atoms with van der Waals surface area (Å²) in [5, 5.41) is 20.7. The normalized spacial score (nSPS) is 11.8. The van der Waals surface area contributed by atoms with Crippen molar-refractivity contribution in [1.29, 1.82) is 0 Å². The maximum atomic E-state index is 12.7. The summed E-state index contributed by atoms with van der Waals surface area (Å²) in [5.74, 6) is -1.36. The first-order chi connectivity index (χ1) is 15.0. The minimum Gasteiger partial charge on any atom is -0.478 e. The highest BCUT2D eigenvalue weighted by atomic mass is 16.4. The number of hydrogen-bond donors (Lipinski definition) is 2. The van der Waals surface area contributed by atoms with E-state index >= 15 is 0 Å². The molecule has 0 aliphatic carbocycles. The van der Waals surface area contributed by atoms with Crippen molar-refractivity contribution in [3.05, 3.63) is 90.4 Å². The van der Waals surface area contributed by atoms with Crippen LogP contribution in [0.5, 0.6) is 0 Å². The van der Waals surface area contributed by atoms with Gasteiger partial charge in [-0.15, -0.1) is 0 Å². The number of carbonyl (C=O) groups is 2. The summed E-state index contributed by atoms with van der Waals surface area (Å²) in [5.41, 5.74) is 3.55. The minimum absolute atomic E-state index is 0.0372. The standard InChI is InChI=1S/C23H21N5O3/c1-16(27-15-19(13-25-27)23(30)31)22(29)24-12-18-14-28(20-10-6-3-7-11-20)26-21(18)17-8-4-2-5-9-17/h2-11,13-16H,12H2,1H3,(H,24,29)(H,30,31). The molecule has 31 heavy (non-hydrogen) atoms. The van der Waals surface area contributed by atoms with Crippen molar-refractivity contribution in [2.45, 2.75) is 19.5 Å². The fourth-order valence-electron chi connectivity index (χ4n) is 3.20. The molecule has 4 rings (SSSR count). The predicted octanol–water partition coefficient (Wildman–Crippen LogP) is 3.31. The third kappa shape index (κ3) is 4.37. The SMILES string of the molecule is CC(C(=O)NCc1cn(-c2ccccc2)nc1-c1ccccc1)n1cc(C(=O)O)cn1. The van der Waals surface area contributed by atoms with Crippen LogP contribution < -0.4 is 5.32 Å². The third-order valence-electron chi connectivity index (χ3n) is 4.94. The first-order valence-electron chi connectivity index (χ1n) is 9.77. The molecule has 156 valence electrons. The van der Waals surface area contributed by atoms with Gasteiger partial charge in [0.05, 0.1) is 23.1 Å². The molecular formula is C23H21N5O3. The average molecular weight is 415 g/mol. The van der Waals surface area contributed by atoms with Gasteiger partial charge < -0.3 is 10.4 Å². The van der Waals surface area contributed by atoms with Crippen LogP contribution in [0.4, 0.5) is 0 Å². The van der Waals surface area contributed by atoms with E-state index < -0.39 is 12.0 Å². The number of nitrogens with one attached hydrogen (secondary N) is 1. The Balaban J connectivity index is 1.56. The lowest BCUT2D eigenvalue weighted by Crippen LogP contribution is -2.30. The summed E-state index contributed by atoms with van der Waals surface area (Å²) in [6, 6.07) is 18.9. The molecular weight excluding hydrogens is 394 g/mol. The van der Waals surface area contributed by atoms with Crippen molar-refractivity contribution in [2.75, 3.05) is 0 Å². The van der Waals surface area contributed by atoms with E-state index in [2.05, 4.69) is 10.4 Å². The van der Waals surface area contributed by atoms with Gasteiger partial charge in [-0.05, 0) is 19.1 Å². The largest absolute Gasteiger partial charge is 0.478 e. The summed E-state index contributed by atoms with van der Waals surface area (Å²) >= 11 is 0. The number of aromatic nitrogens is 4. The van der Waals surface area contributed by atoms with Gasteiger partial charge >= 0.3 is 5.97 Å². The lowest BCUT2D eigenvalue weighted by molar-refractivity contribution is -0.124. The molecule has 8 heteroatoms. The van der Waals surface area contributed by atoms with Crippen molar-refractivity contribution >= 4 is 11.9 Å². The number of carbonyl (C=O) groups excluding carboxylic acids is 1. The molecule has 2 aromatic heterocycles. The maximum Gasteiger partial charge on any atom is 0.338 e. The Morgan fingerprint density at radius 3 is 2.35 bits per heavy atom. The zero-order valence-electron chi connectivity index (χ0n) is 16.8. The van der Waals surface area contributed by atoms with Crippen molar-refractivity contribution < 1.29 is 14.7 Å². The lowest BCUT2D eigenvalue weighted by Gasteiger charge is -2.12. The maximum absolute atomic E-state index is 12.7. The number of aromatic carboxylic acids is 1. The highest BCUT2D eigenvalue weighted by molar-refractivity contribution is 5.87. The quantitative estimate of drug-likeness (QED) is 0.482. The van der Waals surface area contributed by atoms with Crippen LogP contribution in [0.1, 0.15) is 28.9 Å². The highest BCUT2D eigenvalue weighted by Gasteiger charge is 2.19. The summed E-state index contributed by atoms with van der Waals surface area (Å²) in [6.07, 6.45) is 4.47. The van der Waals surface area contributed by atoms with Crippen LogP contribution in [0.25, 0.3) is 16.9 Å². The predicted molar refractivity (Wildman–Crippen MR) is 115 cm³/mol. The molecule has 4 aromatic rings. The fourth-order valence-corrected chi connectivity index (χ4v) is 3.20. The Labute approximate surface area is 178 Å². The van der Waals surface area contributed by atoms with Gasteiger partial charge in [0.2, 0.25) is 5.91 Å². The van der Waals surface area contributed by atoms with E-state index in [9.17, 15) is 9.59 Å². The van der Waals surface area contributed by atoms with Crippen LogP contribution in [-0.2, 0) is 11.3 Å². The van der Waals surface area contributed by atoms with Gasteiger partial charge in [-0.25, -0.2) is 9.48 Å². The second kappa shape index (κ2) is 8.66. The molecule has 0 aliphatic heterocycles. The van der Waals surface area contributed by atoms with Gasteiger partial charge in [0.1, 0.15) is 6.04 Å². The molecule has 0 saturated carbocycles. The monoisotopic (exact) mass is 415 g/mol. The molecule has 2 N–H and O–H groups in total. The Kier molecular flexibility index (Phi) is 5.61. The summed E-state index contributed by atoms with van der Waals surface area (Å²) < 4.78 is 3.13. The van der Waals surface area contributed by atoms with Crippen LogP contribution in [0.2, 0.25) is 0 Å². The topological polar surface area (TPSA) is 102 Å². The Bertz CT molecular complexity index is 1200. The van der Waals surface area contributed by atoms with E-state index in [4.69, 9.17) is 10.2 Å². The minimum atomic E-state index is -1.08. The molecule has 1 atom stereocenters. The van der Waals surface area contributed by atoms with Crippen LogP contribution in [-0.4, -0.2) is 36.5 Å². The van der Waals surface area contributed by atoms with E-state index in [0.717, 1.165) is 22.5 Å². The number of nitrogens with zero attached hydrogens (tertiary/aromatic N) is 4. The molecule has 0 fully saturated rings. The van der Waals surface area contributed by atoms with E-state index in [1.165, 1.54) is 17.1 Å². The molecule has 0 saturated heterocycles. The van der Waals surface area contributed by atoms with Crippen LogP contribution >= 0.6 is 0 Å². The molecule has 1 amide bonds. The summed E-state index contributed by atoms with van der Waals surface area (Å²) in [6.45, 7) is 1.94. The number of carboxylic acid groups (broad SMARTS) is 1. The molecule has 0 aliphatic rings. The van der Waals surface area contributed by atoms with Gasteiger partial charge in [-0.2, -0.15) is 10.2 Å². The van der Waals surface area contributed by atoms with Crippen LogP contribution in [0.15, 0.2) is 79.3 Å². The summed E-state index contributed by atoms with van der Waals surface area (Å²) in [7, 11) is 0. The van der Waals surface area contributed by atoms with E-state index in [0.29, 0.717) is 0 Å². The average Bonchev–Trinajstić information content (AvgIpc) is 3.46. The Hall–Kier alpha value is -4.20. The highest BCUT2D eigenvalue weighted by Crippen LogP contribution is 2.23. The van der Waals surface area contributed by atoms with Gasteiger partial charge in [0, 0.05) is 30.1 Å². The van der Waals surface area contributed by atoms with E-state index in [1.807, 2.05) is 66.9 Å². The van der Waals surface area contributed by atoms with Crippen molar-refractivity contribution in [2.24, 2.45) is 0 Å². The zero-order valence-corrected chi connectivity index (χ0v) is 16.8. The number of benzene rings is 2. The molecule has 1 unspecified atom stereocenters. The van der Waals surface area contributed by atoms with E-state index in [1.54, 1.807) is 11.6 Å². The number of carboxylic acids is 1. The molecule has 0 spiro atoms. The lowest BCUT2D eigenvalue weighted by atomic mass is 10.1. The fraction of sp³-hybridized carbons (Fsp3) is 0.130. The van der Waals surface area contributed by atoms with Crippen LogP contribution in [0.3, 0.4) is 0 Å². The van der Waals surface area contributed by atoms with Crippen LogP contribution in [0, 0.1) is 0 Å². The van der Waals surface area contributed by atoms with Crippen molar-refractivity contribution in [3.63, 3.8) is 0 Å². The second-order valence-electron chi connectivity index (χ2n) is 7.06. The van der Waals surface area contributed by atoms with Gasteiger partial charge in [-0.3, -0.25) is 9.48 Å². The summed E-state index contributed by atoms with van der Waals surface area (Å²) in [4.78, 5) is 23.7.